The number of amides is 2. The number of ether oxygens (including phenoxy) is 2. The molecular weight excluding hydrogens is 474 g/mol. The molecule has 0 atom stereocenters. The number of methoxy groups -OCH3 is 1. The second-order valence-corrected chi connectivity index (χ2v) is 8.56. The summed E-state index contributed by atoms with van der Waals surface area (Å²) in [5.41, 5.74) is 2.18. The van der Waals surface area contributed by atoms with Gasteiger partial charge >= 0.3 is 0 Å². The largest absolute Gasteiger partial charge is 0.497 e. The van der Waals surface area contributed by atoms with Crippen molar-refractivity contribution >= 4 is 57.8 Å². The van der Waals surface area contributed by atoms with Crippen LogP contribution in [0.15, 0.2) is 82.7 Å². The fourth-order valence-electron chi connectivity index (χ4n) is 2.95. The topological polar surface area (TPSA) is 89.0 Å². The van der Waals surface area contributed by atoms with Gasteiger partial charge in [0.2, 0.25) is 0 Å². The number of amidine groups is 1. The third-order valence-electron chi connectivity index (χ3n) is 4.63. The number of hydrogen-bond acceptors (Lipinski definition) is 6. The van der Waals surface area contributed by atoms with Crippen LogP contribution in [-0.2, 0) is 9.59 Å². The maximum atomic E-state index is 12.3. The van der Waals surface area contributed by atoms with Crippen molar-refractivity contribution in [3.8, 4) is 11.5 Å². The molecule has 0 radical (unpaired) electrons. The lowest BCUT2D eigenvalue weighted by Crippen LogP contribution is -2.20. The highest BCUT2D eigenvalue weighted by Crippen LogP contribution is 2.29. The van der Waals surface area contributed by atoms with Gasteiger partial charge in [-0.05, 0) is 84.1 Å². The van der Waals surface area contributed by atoms with Gasteiger partial charge in [-0.3, -0.25) is 9.59 Å². The van der Waals surface area contributed by atoms with E-state index in [4.69, 9.17) is 21.1 Å². The molecule has 1 heterocycles. The highest BCUT2D eigenvalue weighted by atomic mass is 35.5. The molecule has 172 valence electrons. The number of rotatable bonds is 7. The number of halogens is 1. The zero-order chi connectivity index (χ0) is 23.9. The lowest BCUT2D eigenvalue weighted by Gasteiger charge is -2.08. The molecular formula is C25H20ClN3O4S. The molecule has 34 heavy (non-hydrogen) atoms. The lowest BCUT2D eigenvalue weighted by atomic mass is 10.2. The van der Waals surface area contributed by atoms with Gasteiger partial charge in [0.15, 0.2) is 11.8 Å². The van der Waals surface area contributed by atoms with E-state index in [9.17, 15) is 9.59 Å². The zero-order valence-electron chi connectivity index (χ0n) is 18.1. The van der Waals surface area contributed by atoms with E-state index in [1.807, 2.05) is 12.1 Å². The molecule has 4 rings (SSSR count). The van der Waals surface area contributed by atoms with Gasteiger partial charge in [-0.1, -0.05) is 23.7 Å². The molecule has 1 fully saturated rings. The fraction of sp³-hybridized carbons (Fsp3) is 0.0800. The van der Waals surface area contributed by atoms with Crippen LogP contribution in [0.5, 0.6) is 11.5 Å². The first-order chi connectivity index (χ1) is 16.5. The molecule has 0 aromatic heterocycles. The second-order valence-electron chi connectivity index (χ2n) is 7.09. The monoisotopic (exact) mass is 493 g/mol. The Kier molecular flexibility index (Phi) is 7.51. The first kappa shape index (κ1) is 23.4. The van der Waals surface area contributed by atoms with Gasteiger partial charge in [-0.15, -0.1) is 0 Å². The third kappa shape index (κ3) is 6.40. The standard InChI is InChI=1S/C25H20ClN3O4S/c1-32-20-12-8-18(9-13-20)27-23(30)15-33-21-10-2-16(3-11-21)14-22-24(31)29-25(34-22)28-19-6-4-17(26)5-7-19/h2-14H,15H2,1H3,(H,27,30)(H,28,29,31)/b22-14-. The molecule has 2 N–H and O–H groups in total. The minimum absolute atomic E-state index is 0.130. The molecule has 3 aromatic carbocycles. The van der Waals surface area contributed by atoms with Gasteiger partial charge in [0.1, 0.15) is 11.5 Å². The van der Waals surface area contributed by atoms with Crippen LogP contribution in [0.1, 0.15) is 5.56 Å². The van der Waals surface area contributed by atoms with E-state index in [0.29, 0.717) is 38.0 Å². The maximum absolute atomic E-state index is 12.3. The van der Waals surface area contributed by atoms with Crippen LogP contribution in [0.25, 0.3) is 6.08 Å². The van der Waals surface area contributed by atoms with Crippen LogP contribution >= 0.6 is 23.4 Å². The predicted molar refractivity (Wildman–Crippen MR) is 136 cm³/mol. The first-order valence-electron chi connectivity index (χ1n) is 10.2. The predicted octanol–water partition coefficient (Wildman–Crippen LogP) is 5.26. The Morgan fingerprint density at radius 2 is 1.71 bits per heavy atom. The molecule has 7 nitrogen and oxygen atoms in total. The van der Waals surface area contributed by atoms with Crippen molar-refractivity contribution in [3.63, 3.8) is 0 Å². The van der Waals surface area contributed by atoms with Gasteiger partial charge in [0, 0.05) is 10.7 Å². The van der Waals surface area contributed by atoms with Crippen molar-refractivity contribution < 1.29 is 19.1 Å². The summed E-state index contributed by atoms with van der Waals surface area (Å²) in [6.45, 7) is -0.130. The molecule has 0 spiro atoms. The number of carbonyl (C=O) groups is 2. The smallest absolute Gasteiger partial charge is 0.264 e. The SMILES string of the molecule is COc1ccc(NC(=O)COc2ccc(/C=C3\SC(=Nc4ccc(Cl)cc4)NC3=O)cc2)cc1. The Morgan fingerprint density at radius 3 is 2.38 bits per heavy atom. The van der Waals surface area contributed by atoms with Gasteiger partial charge in [-0.25, -0.2) is 4.99 Å². The summed E-state index contributed by atoms with van der Waals surface area (Å²) >= 11 is 7.15. The molecule has 1 aliphatic heterocycles. The quantitative estimate of drug-likeness (QED) is 0.438. The van der Waals surface area contributed by atoms with Crippen molar-refractivity contribution in [1.82, 2.24) is 5.32 Å². The molecule has 2 amide bonds. The van der Waals surface area contributed by atoms with E-state index in [0.717, 1.165) is 5.56 Å². The van der Waals surface area contributed by atoms with Crippen molar-refractivity contribution in [2.75, 3.05) is 19.0 Å². The summed E-state index contributed by atoms with van der Waals surface area (Å²) in [4.78, 5) is 29.3. The summed E-state index contributed by atoms with van der Waals surface area (Å²) in [5.74, 6) is 0.763. The van der Waals surface area contributed by atoms with Crippen LogP contribution in [0.4, 0.5) is 11.4 Å². The average molecular weight is 494 g/mol. The number of nitrogens with zero attached hydrogens (tertiary/aromatic N) is 1. The minimum Gasteiger partial charge on any atom is -0.497 e. The Labute approximate surface area is 205 Å². The molecule has 0 saturated carbocycles. The van der Waals surface area contributed by atoms with Crippen LogP contribution in [-0.4, -0.2) is 30.7 Å². The molecule has 9 heteroatoms. The third-order valence-corrected chi connectivity index (χ3v) is 5.79. The Morgan fingerprint density at radius 1 is 1.03 bits per heavy atom. The summed E-state index contributed by atoms with van der Waals surface area (Å²) in [7, 11) is 1.58. The number of benzene rings is 3. The van der Waals surface area contributed by atoms with Crippen molar-refractivity contribution in [1.29, 1.82) is 0 Å². The maximum Gasteiger partial charge on any atom is 0.264 e. The van der Waals surface area contributed by atoms with Crippen molar-refractivity contribution in [2.45, 2.75) is 0 Å². The minimum atomic E-state index is -0.275. The van der Waals surface area contributed by atoms with E-state index >= 15 is 0 Å². The van der Waals surface area contributed by atoms with E-state index in [1.165, 1.54) is 11.8 Å². The number of aliphatic imine (C=N–C) groups is 1. The van der Waals surface area contributed by atoms with Gasteiger partial charge < -0.3 is 20.1 Å². The van der Waals surface area contributed by atoms with Crippen LogP contribution in [0.3, 0.4) is 0 Å². The van der Waals surface area contributed by atoms with Crippen LogP contribution in [0, 0.1) is 0 Å². The normalized spacial score (nSPS) is 15.3. The van der Waals surface area contributed by atoms with Crippen molar-refractivity contribution in [3.05, 3.63) is 88.3 Å². The highest BCUT2D eigenvalue weighted by molar-refractivity contribution is 8.18. The van der Waals surface area contributed by atoms with Crippen LogP contribution in [0.2, 0.25) is 5.02 Å². The highest BCUT2D eigenvalue weighted by Gasteiger charge is 2.23. The zero-order valence-corrected chi connectivity index (χ0v) is 19.7. The summed E-state index contributed by atoms with van der Waals surface area (Å²) in [6, 6.07) is 21.2. The van der Waals surface area contributed by atoms with Gasteiger partial charge in [0.25, 0.3) is 11.8 Å². The fourth-order valence-corrected chi connectivity index (χ4v) is 3.91. The van der Waals surface area contributed by atoms with E-state index < -0.39 is 0 Å². The number of carbonyl (C=O) groups excluding carboxylic acids is 2. The molecule has 1 saturated heterocycles. The summed E-state index contributed by atoms with van der Waals surface area (Å²) in [6.07, 6.45) is 1.77. The van der Waals surface area contributed by atoms with Crippen LogP contribution < -0.4 is 20.1 Å². The lowest BCUT2D eigenvalue weighted by molar-refractivity contribution is -0.118. The number of anilines is 1. The Bertz CT molecular complexity index is 1240. The van der Waals surface area contributed by atoms with Crippen molar-refractivity contribution in [2.24, 2.45) is 4.99 Å². The second kappa shape index (κ2) is 10.9. The Balaban J connectivity index is 1.31. The summed E-state index contributed by atoms with van der Waals surface area (Å²) < 4.78 is 10.6. The summed E-state index contributed by atoms with van der Waals surface area (Å²) in [5, 5.41) is 6.64. The molecule has 0 bridgehead atoms. The van der Waals surface area contributed by atoms with E-state index in [2.05, 4.69) is 15.6 Å². The van der Waals surface area contributed by atoms with Gasteiger partial charge in [-0.2, -0.15) is 0 Å². The number of hydrogen-bond donors (Lipinski definition) is 2. The molecule has 0 unspecified atom stereocenters. The number of thioether (sulfide) groups is 1. The van der Waals surface area contributed by atoms with E-state index in [1.54, 1.807) is 73.8 Å². The Hall–Kier alpha value is -3.75. The molecule has 3 aromatic rings. The molecule has 1 aliphatic rings. The number of nitrogens with one attached hydrogen (secondary N) is 2. The average Bonchev–Trinajstić information content (AvgIpc) is 3.19. The van der Waals surface area contributed by atoms with E-state index in [-0.39, 0.29) is 18.4 Å². The van der Waals surface area contributed by atoms with Gasteiger partial charge in [0.05, 0.1) is 17.7 Å². The first-order valence-corrected chi connectivity index (χ1v) is 11.4. The molecule has 0 aliphatic carbocycles.